The van der Waals surface area contributed by atoms with Gasteiger partial charge in [-0.3, -0.25) is 53.1 Å². The first-order valence-electron chi connectivity index (χ1n) is 29.2. The molecule has 0 aromatic heterocycles. The van der Waals surface area contributed by atoms with Crippen LogP contribution in [0.4, 0.5) is 0 Å². The van der Waals surface area contributed by atoms with E-state index < -0.39 is 114 Å². The average molecular weight is 1190 g/mol. The molecule has 17 N–H and O–H groups in total. The quantitative estimate of drug-likeness (QED) is 0.0257. The van der Waals surface area contributed by atoms with E-state index in [1.165, 1.54) is 14.7 Å². The van der Waals surface area contributed by atoms with Crippen molar-refractivity contribution in [1.29, 1.82) is 0 Å². The summed E-state index contributed by atoms with van der Waals surface area (Å²) >= 11 is 0. The van der Waals surface area contributed by atoms with Gasteiger partial charge in [0.15, 0.2) is 11.9 Å². The van der Waals surface area contributed by atoms with Gasteiger partial charge >= 0.3 is 5.97 Å². The van der Waals surface area contributed by atoms with Crippen molar-refractivity contribution in [3.63, 3.8) is 0 Å². The number of hydrogen-bond donors (Lipinski definition) is 12. The van der Waals surface area contributed by atoms with Crippen LogP contribution in [0.25, 0.3) is 0 Å². The zero-order chi connectivity index (χ0) is 62.1. The van der Waals surface area contributed by atoms with Gasteiger partial charge in [0.1, 0.15) is 42.3 Å². The Morgan fingerprint density at radius 3 is 1.83 bits per heavy atom. The van der Waals surface area contributed by atoms with Crippen molar-refractivity contribution in [2.24, 2.45) is 38.7 Å². The van der Waals surface area contributed by atoms with Crippen LogP contribution < -0.4 is 60.6 Å². The third-order valence-corrected chi connectivity index (χ3v) is 15.2. The van der Waals surface area contributed by atoms with E-state index in [-0.39, 0.29) is 102 Å². The number of likely N-dealkylation sites (tertiary alicyclic amines) is 2. The van der Waals surface area contributed by atoms with Crippen molar-refractivity contribution in [1.82, 2.24) is 46.6 Å². The number of nitrogens with two attached hydrogens (primary N) is 5. The van der Waals surface area contributed by atoms with Crippen molar-refractivity contribution in [3.8, 4) is 0 Å². The van der Waals surface area contributed by atoms with Gasteiger partial charge in [-0.25, -0.2) is 4.79 Å². The van der Waals surface area contributed by atoms with Crippen LogP contribution >= 0.6 is 0 Å². The molecule has 27 nitrogen and oxygen atoms in total. The van der Waals surface area contributed by atoms with Crippen LogP contribution in [0.15, 0.2) is 101 Å². The molecule has 0 radical (unpaired) electrons. The monoisotopic (exact) mass is 1190 g/mol. The maximum atomic E-state index is 14.9. The van der Waals surface area contributed by atoms with E-state index in [9.17, 15) is 53.1 Å². The summed E-state index contributed by atoms with van der Waals surface area (Å²) in [5, 5.41) is 26.9. The Morgan fingerprint density at radius 1 is 0.663 bits per heavy atom. The molecule has 3 heterocycles. The summed E-state index contributed by atoms with van der Waals surface area (Å²) in [6.45, 7) is 0.137. The molecule has 0 aliphatic carbocycles. The number of carbonyl (C=O) groups excluding carboxylic acids is 9. The summed E-state index contributed by atoms with van der Waals surface area (Å²) < 4.78 is 0. The number of guanidine groups is 2. The van der Waals surface area contributed by atoms with Gasteiger partial charge in [-0.1, -0.05) is 91.0 Å². The lowest BCUT2D eigenvalue weighted by Crippen LogP contribution is -2.60. The molecule has 464 valence electrons. The number of benzene rings is 3. The number of carboxylic acids is 1. The molecule has 8 atom stereocenters. The van der Waals surface area contributed by atoms with Gasteiger partial charge in [0.2, 0.25) is 53.2 Å². The highest BCUT2D eigenvalue weighted by Gasteiger charge is 2.43. The number of carbonyl (C=O) groups is 10. The second-order valence-electron chi connectivity index (χ2n) is 21.6. The number of rotatable bonds is 24. The van der Waals surface area contributed by atoms with Crippen molar-refractivity contribution >= 4 is 71.1 Å². The fourth-order valence-corrected chi connectivity index (χ4v) is 10.8. The molecule has 0 saturated carbocycles. The number of carboxylic acid groups (broad SMARTS) is 1. The highest BCUT2D eigenvalue weighted by atomic mass is 16.4. The normalized spacial score (nSPS) is 20.7. The lowest BCUT2D eigenvalue weighted by Gasteiger charge is -2.33. The van der Waals surface area contributed by atoms with Gasteiger partial charge in [0.05, 0.1) is 12.6 Å². The Hall–Kier alpha value is -9.14. The SMILES string of the molecule is NC(N)=NCCC[C@H](N)C(=O)N1CCC[C@H]1C(=O)N1CCC[C@H]1C(=O)NCC(=O)N[C@@H](Cc1ccccc1)C(=O)N[C@H]1CCC(=O)NCCCN([C@@H](CCCN=C(N)N)C(=O)O)C(=O)[C@H](Cc2ccccc2)NC(=O)[C@@H](Cc2ccccc2)NC1=O. The summed E-state index contributed by atoms with van der Waals surface area (Å²) in [4.78, 5) is 153. The van der Waals surface area contributed by atoms with E-state index in [2.05, 4.69) is 41.9 Å². The van der Waals surface area contributed by atoms with E-state index in [0.717, 1.165) is 0 Å². The van der Waals surface area contributed by atoms with Crippen LogP contribution in [-0.2, 0) is 67.2 Å². The van der Waals surface area contributed by atoms with Crippen molar-refractivity contribution < 1.29 is 53.1 Å². The number of hydrogen-bond acceptors (Lipinski definition) is 13. The summed E-state index contributed by atoms with van der Waals surface area (Å²) in [5.74, 6) is -7.60. The number of nitrogens with one attached hydrogen (secondary N) is 6. The highest BCUT2D eigenvalue weighted by molar-refractivity contribution is 5.98. The number of aliphatic imine (C=N–C) groups is 2. The summed E-state index contributed by atoms with van der Waals surface area (Å²) in [5.41, 5.74) is 29.9. The van der Waals surface area contributed by atoms with Gasteiger partial charge < -0.3 is 80.4 Å². The zero-order valence-corrected chi connectivity index (χ0v) is 48.3. The van der Waals surface area contributed by atoms with Crippen molar-refractivity contribution in [2.75, 3.05) is 45.8 Å². The first-order valence-corrected chi connectivity index (χ1v) is 29.2. The molecule has 6 rings (SSSR count). The molecule has 0 bridgehead atoms. The van der Waals surface area contributed by atoms with Gasteiger partial charge in [-0.15, -0.1) is 0 Å². The fourth-order valence-electron chi connectivity index (χ4n) is 10.8. The molecular weight excluding hydrogens is 1110 g/mol. The van der Waals surface area contributed by atoms with Crippen molar-refractivity contribution in [2.45, 2.75) is 138 Å². The largest absolute Gasteiger partial charge is 0.480 e. The third-order valence-electron chi connectivity index (χ3n) is 15.2. The molecule has 3 fully saturated rings. The minimum absolute atomic E-state index is 0.0302. The molecule has 3 aliphatic heterocycles. The number of amides is 9. The molecule has 3 aromatic carbocycles. The van der Waals surface area contributed by atoms with E-state index in [4.69, 9.17) is 28.7 Å². The predicted octanol–water partition coefficient (Wildman–Crippen LogP) is -2.23. The lowest BCUT2D eigenvalue weighted by molar-refractivity contribution is -0.152. The van der Waals surface area contributed by atoms with E-state index in [1.54, 1.807) is 91.0 Å². The molecule has 3 aliphatic rings. The summed E-state index contributed by atoms with van der Waals surface area (Å²) in [6.07, 6.45) is 1.76. The average Bonchev–Trinajstić information content (AvgIpc) is 2.40. The maximum Gasteiger partial charge on any atom is 0.326 e. The summed E-state index contributed by atoms with van der Waals surface area (Å²) in [6, 6.07) is 16.4. The van der Waals surface area contributed by atoms with Crippen LogP contribution in [0, 0.1) is 0 Å². The Kier molecular flexibility index (Phi) is 25.6. The topological polar surface area (TPSA) is 428 Å². The van der Waals surface area contributed by atoms with Crippen LogP contribution in [0.2, 0.25) is 0 Å². The smallest absolute Gasteiger partial charge is 0.326 e. The Morgan fingerprint density at radius 2 is 1.22 bits per heavy atom. The van der Waals surface area contributed by atoms with Gasteiger partial charge in [-0.2, -0.15) is 0 Å². The van der Waals surface area contributed by atoms with E-state index in [1.807, 2.05) is 0 Å². The molecule has 27 heteroatoms. The molecule has 0 spiro atoms. The molecule has 0 unspecified atom stereocenters. The molecule has 86 heavy (non-hydrogen) atoms. The predicted molar refractivity (Wildman–Crippen MR) is 318 cm³/mol. The Balaban J connectivity index is 1.20. The molecule has 3 aromatic rings. The Labute approximate surface area is 499 Å². The van der Waals surface area contributed by atoms with E-state index >= 15 is 0 Å². The van der Waals surface area contributed by atoms with Crippen LogP contribution in [0.3, 0.4) is 0 Å². The minimum atomic E-state index is -1.49. The van der Waals surface area contributed by atoms with Gasteiger partial charge in [0, 0.05) is 65.0 Å². The van der Waals surface area contributed by atoms with Crippen LogP contribution in [0.1, 0.15) is 87.3 Å². The van der Waals surface area contributed by atoms with Gasteiger partial charge in [0.25, 0.3) is 0 Å². The second-order valence-corrected chi connectivity index (χ2v) is 21.6. The molecular formula is C59H82N16O11. The fraction of sp³-hybridized carbons (Fsp3) is 0.492. The maximum absolute atomic E-state index is 14.9. The zero-order valence-electron chi connectivity index (χ0n) is 48.3. The van der Waals surface area contributed by atoms with Gasteiger partial charge in [-0.05, 0) is 80.9 Å². The lowest BCUT2D eigenvalue weighted by atomic mass is 10.00. The second kappa shape index (κ2) is 33.4. The number of aliphatic carboxylic acids is 1. The first kappa shape index (κ1) is 66.0. The first-order chi connectivity index (χ1) is 41.3. The Bertz CT molecular complexity index is 2870. The molecule has 3 saturated heterocycles. The van der Waals surface area contributed by atoms with Crippen LogP contribution in [-0.4, -0.2) is 185 Å². The highest BCUT2D eigenvalue weighted by Crippen LogP contribution is 2.26. The van der Waals surface area contributed by atoms with E-state index in [0.29, 0.717) is 55.3 Å². The standard InChI is InChI=1S/C59H82N16O11/c60-40(21-10-27-66-58(61)62)54(82)74-31-13-24-46(74)56(84)73-30-12-23-45(73)53(81)68-36-49(77)69-42(33-37-15-4-1-5-16-37)51(79)70-41-25-26-48(76)65-29-14-32-75(47(57(85)86)22-11-28-67-59(63)64)55(83)44(35-39-19-8-3-9-20-39)72-52(80)43(71-50(41)78)34-38-17-6-2-7-18-38/h1-9,15-20,40-47H,10-14,21-36,60H2,(H,65,76)(H,68,81)(H,69,77)(H,70,79)(H,71,78)(H,72,80)(H,85,86)(H4,61,62,66)(H4,63,64,67)/t40-,41-,42-,43+,44-,45-,46-,47-/m0/s1. The third kappa shape index (κ3) is 20.3. The van der Waals surface area contributed by atoms with Crippen LogP contribution in [0.5, 0.6) is 0 Å². The van der Waals surface area contributed by atoms with Crippen molar-refractivity contribution in [3.05, 3.63) is 108 Å². The summed E-state index contributed by atoms with van der Waals surface area (Å²) in [7, 11) is 0. The minimum Gasteiger partial charge on any atom is -0.480 e. The molecule has 9 amide bonds. The number of nitrogens with zero attached hydrogens (tertiary/aromatic N) is 5.